The van der Waals surface area contributed by atoms with E-state index in [9.17, 15) is 4.79 Å². The molecule has 1 amide bonds. The third-order valence-electron chi connectivity index (χ3n) is 5.23. The Balaban J connectivity index is 1.45. The summed E-state index contributed by atoms with van der Waals surface area (Å²) in [5.74, 6) is 2.28. The van der Waals surface area contributed by atoms with Gasteiger partial charge in [0.2, 0.25) is 0 Å². The van der Waals surface area contributed by atoms with Crippen molar-refractivity contribution in [3.63, 3.8) is 0 Å². The molecular weight excluding hydrogens is 312 g/mol. The average Bonchev–Trinajstić information content (AvgIpc) is 3.07. The number of amides is 1. The number of rotatable bonds is 6. The number of hydrogen-bond donors (Lipinski definition) is 1. The minimum atomic E-state index is 0.00000346. The van der Waals surface area contributed by atoms with Gasteiger partial charge in [0.15, 0.2) is 0 Å². The SMILES string of the molecule is CC(C)CN1CCC(CNC(=O)c2ccc(N3CCCCC3)nc2)C1. The molecule has 0 spiro atoms. The molecule has 2 saturated heterocycles. The summed E-state index contributed by atoms with van der Waals surface area (Å²) in [6, 6.07) is 3.90. The second-order valence-corrected chi connectivity index (χ2v) is 7.97. The van der Waals surface area contributed by atoms with E-state index in [-0.39, 0.29) is 5.91 Å². The van der Waals surface area contributed by atoms with E-state index in [1.54, 1.807) is 6.20 Å². The minimum Gasteiger partial charge on any atom is -0.357 e. The number of anilines is 1. The maximum atomic E-state index is 12.4. The van der Waals surface area contributed by atoms with E-state index >= 15 is 0 Å². The molecule has 0 radical (unpaired) electrons. The zero-order valence-corrected chi connectivity index (χ0v) is 15.7. The zero-order valence-electron chi connectivity index (χ0n) is 15.7. The number of nitrogens with zero attached hydrogens (tertiary/aromatic N) is 3. The normalized spacial score (nSPS) is 21.7. The van der Waals surface area contributed by atoms with Gasteiger partial charge in [0.25, 0.3) is 5.91 Å². The molecule has 2 aliphatic heterocycles. The van der Waals surface area contributed by atoms with E-state index in [0.29, 0.717) is 17.4 Å². The van der Waals surface area contributed by atoms with Crippen molar-refractivity contribution in [1.29, 1.82) is 0 Å². The lowest BCUT2D eigenvalue weighted by molar-refractivity contribution is 0.0947. The highest BCUT2D eigenvalue weighted by Crippen LogP contribution is 2.18. The number of pyridine rings is 1. The maximum absolute atomic E-state index is 12.4. The number of piperidine rings is 1. The fourth-order valence-electron chi connectivity index (χ4n) is 3.93. The fraction of sp³-hybridized carbons (Fsp3) is 0.700. The van der Waals surface area contributed by atoms with E-state index in [2.05, 4.69) is 33.9 Å². The van der Waals surface area contributed by atoms with Gasteiger partial charge in [-0.15, -0.1) is 0 Å². The van der Waals surface area contributed by atoms with Crippen molar-refractivity contribution >= 4 is 11.7 Å². The summed E-state index contributed by atoms with van der Waals surface area (Å²) >= 11 is 0. The average molecular weight is 345 g/mol. The predicted octanol–water partition coefficient (Wildman–Crippen LogP) is 2.78. The van der Waals surface area contributed by atoms with Crippen LogP contribution in [0.4, 0.5) is 5.82 Å². The van der Waals surface area contributed by atoms with E-state index in [0.717, 1.165) is 45.1 Å². The van der Waals surface area contributed by atoms with Crippen LogP contribution in [0.15, 0.2) is 18.3 Å². The molecule has 2 aliphatic rings. The quantitative estimate of drug-likeness (QED) is 0.862. The first-order valence-corrected chi connectivity index (χ1v) is 9.83. The smallest absolute Gasteiger partial charge is 0.252 e. The Hall–Kier alpha value is -1.62. The van der Waals surface area contributed by atoms with Crippen LogP contribution in [0.1, 0.15) is 49.9 Å². The molecule has 1 N–H and O–H groups in total. The summed E-state index contributed by atoms with van der Waals surface area (Å²) in [6.45, 7) is 10.9. The van der Waals surface area contributed by atoms with Crippen molar-refractivity contribution in [2.45, 2.75) is 39.5 Å². The highest BCUT2D eigenvalue weighted by atomic mass is 16.1. The van der Waals surface area contributed by atoms with Crippen molar-refractivity contribution in [3.8, 4) is 0 Å². The van der Waals surface area contributed by atoms with Gasteiger partial charge in [-0.25, -0.2) is 4.98 Å². The number of hydrogen-bond acceptors (Lipinski definition) is 4. The molecule has 1 aromatic heterocycles. The Bertz CT molecular complexity index is 551. The van der Waals surface area contributed by atoms with Crippen molar-refractivity contribution in [1.82, 2.24) is 15.2 Å². The summed E-state index contributed by atoms with van der Waals surface area (Å²) in [5, 5.41) is 3.09. The van der Waals surface area contributed by atoms with Gasteiger partial charge in [-0.2, -0.15) is 0 Å². The summed E-state index contributed by atoms with van der Waals surface area (Å²) in [4.78, 5) is 21.7. The lowest BCUT2D eigenvalue weighted by atomic mass is 10.1. The van der Waals surface area contributed by atoms with Crippen molar-refractivity contribution in [2.75, 3.05) is 44.2 Å². The molecular formula is C20H32N4O. The Labute approximate surface area is 151 Å². The highest BCUT2D eigenvalue weighted by Gasteiger charge is 2.23. The van der Waals surface area contributed by atoms with Gasteiger partial charge < -0.3 is 15.1 Å². The van der Waals surface area contributed by atoms with Crippen LogP contribution < -0.4 is 10.2 Å². The number of nitrogens with one attached hydrogen (secondary N) is 1. The second kappa shape index (κ2) is 8.65. The third kappa shape index (κ3) is 5.18. The zero-order chi connectivity index (χ0) is 17.6. The highest BCUT2D eigenvalue weighted by molar-refractivity contribution is 5.94. The van der Waals surface area contributed by atoms with Gasteiger partial charge in [-0.3, -0.25) is 4.79 Å². The van der Waals surface area contributed by atoms with Crippen LogP contribution >= 0.6 is 0 Å². The minimum absolute atomic E-state index is 0.00000346. The first-order valence-electron chi connectivity index (χ1n) is 9.83. The van der Waals surface area contributed by atoms with E-state index in [4.69, 9.17) is 0 Å². The molecule has 25 heavy (non-hydrogen) atoms. The lowest BCUT2D eigenvalue weighted by Crippen LogP contribution is -2.32. The molecule has 1 atom stereocenters. The molecule has 1 unspecified atom stereocenters. The fourth-order valence-corrected chi connectivity index (χ4v) is 3.93. The predicted molar refractivity (Wildman–Crippen MR) is 102 cm³/mol. The van der Waals surface area contributed by atoms with E-state index < -0.39 is 0 Å². The van der Waals surface area contributed by atoms with Crippen LogP contribution in [-0.2, 0) is 0 Å². The van der Waals surface area contributed by atoms with Crippen LogP contribution in [0, 0.1) is 11.8 Å². The van der Waals surface area contributed by atoms with Gasteiger partial charge in [0, 0.05) is 38.9 Å². The molecule has 138 valence electrons. The molecule has 3 heterocycles. The number of likely N-dealkylation sites (tertiary alicyclic amines) is 1. The largest absolute Gasteiger partial charge is 0.357 e. The van der Waals surface area contributed by atoms with Gasteiger partial charge in [-0.05, 0) is 56.2 Å². The molecule has 0 aliphatic carbocycles. The van der Waals surface area contributed by atoms with Gasteiger partial charge in [0.05, 0.1) is 5.56 Å². The standard InChI is InChI=1S/C20H32N4O/c1-16(2)14-23-11-8-17(15-23)12-22-20(25)18-6-7-19(21-13-18)24-9-4-3-5-10-24/h6-7,13,16-17H,3-5,8-12,14-15H2,1-2H3,(H,22,25). The van der Waals surface area contributed by atoms with Crippen molar-refractivity contribution in [3.05, 3.63) is 23.9 Å². The maximum Gasteiger partial charge on any atom is 0.252 e. The van der Waals surface area contributed by atoms with Crippen molar-refractivity contribution in [2.24, 2.45) is 11.8 Å². The van der Waals surface area contributed by atoms with Crippen LogP contribution in [0.25, 0.3) is 0 Å². The first kappa shape index (κ1) is 18.2. The van der Waals surface area contributed by atoms with Crippen LogP contribution in [0.2, 0.25) is 0 Å². The number of carbonyl (C=O) groups excluding carboxylic acids is 1. The first-order chi connectivity index (χ1) is 12.1. The van der Waals surface area contributed by atoms with Gasteiger partial charge in [-0.1, -0.05) is 13.8 Å². The number of aromatic nitrogens is 1. The molecule has 5 heteroatoms. The summed E-state index contributed by atoms with van der Waals surface area (Å²) in [6.07, 6.45) is 6.68. The van der Waals surface area contributed by atoms with Crippen molar-refractivity contribution < 1.29 is 4.79 Å². The van der Waals surface area contributed by atoms with E-state index in [1.165, 1.54) is 25.7 Å². The molecule has 1 aromatic rings. The monoisotopic (exact) mass is 344 g/mol. The topological polar surface area (TPSA) is 48.5 Å². The molecule has 2 fully saturated rings. The molecule has 3 rings (SSSR count). The molecule has 0 saturated carbocycles. The third-order valence-corrected chi connectivity index (χ3v) is 5.23. The van der Waals surface area contributed by atoms with Gasteiger partial charge >= 0.3 is 0 Å². The summed E-state index contributed by atoms with van der Waals surface area (Å²) < 4.78 is 0. The summed E-state index contributed by atoms with van der Waals surface area (Å²) in [5.41, 5.74) is 0.665. The Morgan fingerprint density at radius 3 is 2.72 bits per heavy atom. The lowest BCUT2D eigenvalue weighted by Gasteiger charge is -2.27. The molecule has 0 bridgehead atoms. The van der Waals surface area contributed by atoms with Crippen LogP contribution in [0.3, 0.4) is 0 Å². The number of carbonyl (C=O) groups is 1. The molecule has 0 aromatic carbocycles. The summed E-state index contributed by atoms with van der Waals surface area (Å²) in [7, 11) is 0. The Morgan fingerprint density at radius 2 is 2.04 bits per heavy atom. The Morgan fingerprint density at radius 1 is 1.24 bits per heavy atom. The van der Waals surface area contributed by atoms with Crippen LogP contribution in [0.5, 0.6) is 0 Å². The van der Waals surface area contributed by atoms with E-state index in [1.807, 2.05) is 12.1 Å². The Kier molecular flexibility index (Phi) is 6.29. The second-order valence-electron chi connectivity index (χ2n) is 7.97. The molecule has 5 nitrogen and oxygen atoms in total. The van der Waals surface area contributed by atoms with Crippen LogP contribution in [-0.4, -0.2) is 55.1 Å². The van der Waals surface area contributed by atoms with Gasteiger partial charge in [0.1, 0.15) is 5.82 Å².